The van der Waals surface area contributed by atoms with Crippen molar-refractivity contribution in [1.82, 2.24) is 10.3 Å². The van der Waals surface area contributed by atoms with E-state index in [1.54, 1.807) is 0 Å². The molecular formula is C16H24N2S. The van der Waals surface area contributed by atoms with Crippen molar-refractivity contribution < 1.29 is 0 Å². The van der Waals surface area contributed by atoms with Crippen molar-refractivity contribution in [2.45, 2.75) is 46.1 Å². The SMILES string of the molecule is CCCNC(Cc1nc2ccccc2s1)C(C)CC. The summed E-state index contributed by atoms with van der Waals surface area (Å²) in [4.78, 5) is 4.76. The average Bonchev–Trinajstić information content (AvgIpc) is 2.84. The Kier molecular flexibility index (Phi) is 5.34. The molecule has 1 aromatic carbocycles. The van der Waals surface area contributed by atoms with Crippen molar-refractivity contribution in [1.29, 1.82) is 0 Å². The minimum absolute atomic E-state index is 0.547. The average molecular weight is 276 g/mol. The summed E-state index contributed by atoms with van der Waals surface area (Å²) in [6, 6.07) is 8.96. The maximum atomic E-state index is 4.76. The lowest BCUT2D eigenvalue weighted by Gasteiger charge is -2.23. The molecule has 1 N–H and O–H groups in total. The summed E-state index contributed by atoms with van der Waals surface area (Å²) in [7, 11) is 0. The number of nitrogens with zero attached hydrogens (tertiary/aromatic N) is 1. The highest BCUT2D eigenvalue weighted by atomic mass is 32.1. The van der Waals surface area contributed by atoms with E-state index < -0.39 is 0 Å². The van der Waals surface area contributed by atoms with Crippen LogP contribution in [0.25, 0.3) is 10.2 Å². The van der Waals surface area contributed by atoms with Gasteiger partial charge in [0, 0.05) is 12.5 Å². The number of fused-ring (bicyclic) bond motifs is 1. The number of hydrogen-bond acceptors (Lipinski definition) is 3. The van der Waals surface area contributed by atoms with Crippen LogP contribution in [-0.2, 0) is 6.42 Å². The number of nitrogens with one attached hydrogen (secondary N) is 1. The van der Waals surface area contributed by atoms with Gasteiger partial charge in [0.2, 0.25) is 0 Å². The molecule has 0 saturated carbocycles. The first-order valence-corrected chi connectivity index (χ1v) is 8.14. The van der Waals surface area contributed by atoms with Gasteiger partial charge in [-0.15, -0.1) is 11.3 Å². The van der Waals surface area contributed by atoms with E-state index in [9.17, 15) is 0 Å². The summed E-state index contributed by atoms with van der Waals surface area (Å²) in [6.07, 6.45) is 3.45. The number of aromatic nitrogens is 1. The molecule has 3 heteroatoms. The monoisotopic (exact) mass is 276 g/mol. The summed E-state index contributed by atoms with van der Waals surface area (Å²) < 4.78 is 1.30. The molecule has 2 aromatic rings. The minimum Gasteiger partial charge on any atom is -0.313 e. The molecule has 19 heavy (non-hydrogen) atoms. The third kappa shape index (κ3) is 3.77. The van der Waals surface area contributed by atoms with E-state index in [-0.39, 0.29) is 0 Å². The van der Waals surface area contributed by atoms with Gasteiger partial charge in [0.25, 0.3) is 0 Å². The van der Waals surface area contributed by atoms with E-state index in [1.807, 2.05) is 11.3 Å². The van der Waals surface area contributed by atoms with Crippen molar-refractivity contribution in [3.8, 4) is 0 Å². The van der Waals surface area contributed by atoms with Gasteiger partial charge in [-0.3, -0.25) is 0 Å². The third-order valence-electron chi connectivity index (χ3n) is 3.72. The van der Waals surface area contributed by atoms with Crippen LogP contribution in [0.15, 0.2) is 24.3 Å². The number of hydrogen-bond donors (Lipinski definition) is 1. The Morgan fingerprint density at radius 2 is 2.05 bits per heavy atom. The normalized spacial score (nSPS) is 14.7. The number of rotatable bonds is 7. The fraction of sp³-hybridized carbons (Fsp3) is 0.562. The molecule has 0 bridgehead atoms. The molecule has 0 saturated heterocycles. The van der Waals surface area contributed by atoms with Crippen molar-refractivity contribution in [2.75, 3.05) is 6.54 Å². The van der Waals surface area contributed by atoms with Crippen LogP contribution in [0.4, 0.5) is 0 Å². The zero-order valence-electron chi connectivity index (χ0n) is 12.1. The van der Waals surface area contributed by atoms with Crippen LogP contribution in [0.2, 0.25) is 0 Å². The summed E-state index contributed by atoms with van der Waals surface area (Å²) in [6.45, 7) is 7.92. The number of thiazole rings is 1. The van der Waals surface area contributed by atoms with E-state index in [0.717, 1.165) is 18.5 Å². The number of benzene rings is 1. The van der Waals surface area contributed by atoms with Gasteiger partial charge < -0.3 is 5.32 Å². The van der Waals surface area contributed by atoms with Gasteiger partial charge >= 0.3 is 0 Å². The summed E-state index contributed by atoms with van der Waals surface area (Å²) in [5, 5.41) is 4.94. The highest BCUT2D eigenvalue weighted by molar-refractivity contribution is 7.18. The van der Waals surface area contributed by atoms with Crippen LogP contribution >= 0.6 is 11.3 Å². The first-order valence-electron chi connectivity index (χ1n) is 7.32. The molecule has 1 aromatic heterocycles. The summed E-state index contributed by atoms with van der Waals surface area (Å²) in [5.74, 6) is 0.693. The maximum Gasteiger partial charge on any atom is 0.0954 e. The summed E-state index contributed by atoms with van der Waals surface area (Å²) in [5.41, 5.74) is 1.14. The molecule has 1 heterocycles. The van der Waals surface area contributed by atoms with Gasteiger partial charge in [0.05, 0.1) is 15.2 Å². The zero-order valence-corrected chi connectivity index (χ0v) is 13.0. The lowest BCUT2D eigenvalue weighted by molar-refractivity contribution is 0.365. The summed E-state index contributed by atoms with van der Waals surface area (Å²) >= 11 is 1.84. The molecule has 2 nitrogen and oxygen atoms in total. The predicted octanol–water partition coefficient (Wildman–Crippen LogP) is 4.25. The lowest BCUT2D eigenvalue weighted by Crippen LogP contribution is -2.37. The molecule has 104 valence electrons. The Hall–Kier alpha value is -0.930. The van der Waals surface area contributed by atoms with E-state index in [1.165, 1.54) is 22.5 Å². The molecule has 0 aliphatic rings. The van der Waals surface area contributed by atoms with Crippen molar-refractivity contribution in [3.63, 3.8) is 0 Å². The Labute approximate surface area is 120 Å². The van der Waals surface area contributed by atoms with E-state index >= 15 is 0 Å². The van der Waals surface area contributed by atoms with Gasteiger partial charge in [0.15, 0.2) is 0 Å². The molecular weight excluding hydrogens is 252 g/mol. The van der Waals surface area contributed by atoms with Gasteiger partial charge in [-0.2, -0.15) is 0 Å². The molecule has 2 atom stereocenters. The van der Waals surface area contributed by atoms with Crippen molar-refractivity contribution in [2.24, 2.45) is 5.92 Å². The molecule has 0 radical (unpaired) electrons. The fourth-order valence-corrected chi connectivity index (χ4v) is 3.31. The first-order chi connectivity index (χ1) is 9.24. The molecule has 2 rings (SSSR count). The largest absolute Gasteiger partial charge is 0.313 e. The molecule has 0 aliphatic carbocycles. The zero-order chi connectivity index (χ0) is 13.7. The Balaban J connectivity index is 2.10. The number of para-hydroxylation sites is 1. The van der Waals surface area contributed by atoms with Crippen LogP contribution in [0, 0.1) is 5.92 Å². The second-order valence-electron chi connectivity index (χ2n) is 5.23. The van der Waals surface area contributed by atoms with Crippen LogP contribution in [0.3, 0.4) is 0 Å². The molecule has 0 amide bonds. The molecule has 2 unspecified atom stereocenters. The van der Waals surface area contributed by atoms with Crippen LogP contribution in [0.1, 0.15) is 38.6 Å². The Morgan fingerprint density at radius 3 is 2.74 bits per heavy atom. The predicted molar refractivity (Wildman–Crippen MR) is 84.9 cm³/mol. The quantitative estimate of drug-likeness (QED) is 0.817. The second-order valence-corrected chi connectivity index (χ2v) is 6.34. The van der Waals surface area contributed by atoms with Gasteiger partial charge in [0.1, 0.15) is 0 Å². The highest BCUT2D eigenvalue weighted by Gasteiger charge is 2.17. The Morgan fingerprint density at radius 1 is 1.26 bits per heavy atom. The molecule has 0 spiro atoms. The highest BCUT2D eigenvalue weighted by Crippen LogP contribution is 2.24. The fourth-order valence-electron chi connectivity index (χ4n) is 2.28. The third-order valence-corrected chi connectivity index (χ3v) is 4.78. The van der Waals surface area contributed by atoms with Crippen LogP contribution < -0.4 is 5.32 Å². The molecule has 0 aliphatic heterocycles. The first kappa shape index (κ1) is 14.5. The van der Waals surface area contributed by atoms with Crippen LogP contribution in [-0.4, -0.2) is 17.6 Å². The van der Waals surface area contributed by atoms with Crippen molar-refractivity contribution >= 4 is 21.6 Å². The van der Waals surface area contributed by atoms with Crippen LogP contribution in [0.5, 0.6) is 0 Å². The lowest BCUT2D eigenvalue weighted by atomic mass is 9.96. The molecule has 0 fully saturated rings. The Bertz CT molecular complexity index is 473. The van der Waals surface area contributed by atoms with E-state index in [2.05, 4.69) is 50.4 Å². The minimum atomic E-state index is 0.547. The maximum absolute atomic E-state index is 4.76. The van der Waals surface area contributed by atoms with Gasteiger partial charge in [-0.25, -0.2) is 4.98 Å². The topological polar surface area (TPSA) is 24.9 Å². The van der Waals surface area contributed by atoms with Gasteiger partial charge in [-0.05, 0) is 31.0 Å². The van der Waals surface area contributed by atoms with Gasteiger partial charge in [-0.1, -0.05) is 39.3 Å². The van der Waals surface area contributed by atoms with Crippen molar-refractivity contribution in [3.05, 3.63) is 29.3 Å². The standard InChI is InChI=1S/C16H24N2S/c1-4-10-17-14(12(3)5-2)11-16-18-13-8-6-7-9-15(13)19-16/h6-9,12,14,17H,4-5,10-11H2,1-3H3. The smallest absolute Gasteiger partial charge is 0.0954 e. The van der Waals surface area contributed by atoms with E-state index in [0.29, 0.717) is 12.0 Å². The second kappa shape index (κ2) is 7.01. The van der Waals surface area contributed by atoms with E-state index in [4.69, 9.17) is 4.98 Å².